The van der Waals surface area contributed by atoms with Crippen LogP contribution in [0.3, 0.4) is 0 Å². The van der Waals surface area contributed by atoms with Crippen molar-refractivity contribution in [1.29, 1.82) is 0 Å². The second kappa shape index (κ2) is 10.1. The third kappa shape index (κ3) is 4.92. The lowest BCUT2D eigenvalue weighted by molar-refractivity contribution is -0.126. The van der Waals surface area contributed by atoms with Crippen LogP contribution in [0.2, 0.25) is 0 Å². The van der Waals surface area contributed by atoms with Gasteiger partial charge in [-0.25, -0.2) is 4.39 Å². The summed E-state index contributed by atoms with van der Waals surface area (Å²) in [7, 11) is 0. The molecule has 3 aromatic rings. The molecular formula is C28H29FN2O2S. The highest BCUT2D eigenvalue weighted by Crippen LogP contribution is 2.31. The van der Waals surface area contributed by atoms with Gasteiger partial charge in [0.15, 0.2) is 0 Å². The van der Waals surface area contributed by atoms with Crippen LogP contribution in [0.25, 0.3) is 0 Å². The lowest BCUT2D eigenvalue weighted by Gasteiger charge is -2.32. The number of piperidine rings is 1. The van der Waals surface area contributed by atoms with Gasteiger partial charge in [0.1, 0.15) is 5.82 Å². The van der Waals surface area contributed by atoms with E-state index in [9.17, 15) is 14.0 Å². The predicted molar refractivity (Wildman–Crippen MR) is 132 cm³/mol. The van der Waals surface area contributed by atoms with Crippen LogP contribution in [0.4, 0.5) is 4.39 Å². The first kappa shape index (κ1) is 22.8. The van der Waals surface area contributed by atoms with Crippen LogP contribution >= 0.6 is 11.3 Å². The average molecular weight is 477 g/mol. The molecule has 2 amide bonds. The van der Waals surface area contributed by atoms with Crippen LogP contribution in [-0.4, -0.2) is 29.8 Å². The quantitative estimate of drug-likeness (QED) is 0.527. The van der Waals surface area contributed by atoms with Crippen molar-refractivity contribution >= 4 is 23.2 Å². The summed E-state index contributed by atoms with van der Waals surface area (Å²) < 4.78 is 13.2. The zero-order valence-corrected chi connectivity index (χ0v) is 20.0. The second-order valence-corrected chi connectivity index (χ2v) is 10.2. The van der Waals surface area contributed by atoms with E-state index in [-0.39, 0.29) is 29.6 Å². The molecule has 1 aliphatic carbocycles. The van der Waals surface area contributed by atoms with Gasteiger partial charge in [-0.3, -0.25) is 9.59 Å². The third-order valence-corrected chi connectivity index (χ3v) is 8.00. The molecule has 6 heteroatoms. The van der Waals surface area contributed by atoms with Crippen molar-refractivity contribution in [3.05, 3.63) is 92.9 Å². The molecule has 34 heavy (non-hydrogen) atoms. The average Bonchev–Trinajstić information content (AvgIpc) is 3.42. The van der Waals surface area contributed by atoms with E-state index < -0.39 is 0 Å². The number of thiophene rings is 1. The number of nitrogens with zero attached hydrogens (tertiary/aromatic N) is 1. The summed E-state index contributed by atoms with van der Waals surface area (Å²) in [4.78, 5) is 28.9. The molecular weight excluding hydrogens is 447 g/mol. The van der Waals surface area contributed by atoms with E-state index in [1.54, 1.807) is 16.2 Å². The highest BCUT2D eigenvalue weighted by atomic mass is 32.1. The normalized spacial score (nSPS) is 17.1. The number of amides is 2. The molecule has 1 atom stereocenters. The molecule has 5 rings (SSSR count). The van der Waals surface area contributed by atoms with Crippen molar-refractivity contribution in [2.75, 3.05) is 13.1 Å². The Morgan fingerprint density at radius 3 is 2.41 bits per heavy atom. The van der Waals surface area contributed by atoms with E-state index >= 15 is 0 Å². The van der Waals surface area contributed by atoms with Crippen molar-refractivity contribution < 1.29 is 14.0 Å². The van der Waals surface area contributed by atoms with Crippen LogP contribution in [0.15, 0.2) is 60.0 Å². The summed E-state index contributed by atoms with van der Waals surface area (Å²) in [5.74, 6) is -0.544. The largest absolute Gasteiger partial charge is 0.344 e. The molecule has 0 bridgehead atoms. The smallest absolute Gasteiger partial charge is 0.253 e. The molecule has 1 fully saturated rings. The Labute approximate surface area is 203 Å². The van der Waals surface area contributed by atoms with Crippen LogP contribution in [0, 0.1) is 11.7 Å². The van der Waals surface area contributed by atoms with Gasteiger partial charge in [0.25, 0.3) is 5.91 Å². The van der Waals surface area contributed by atoms with E-state index in [2.05, 4.69) is 29.6 Å². The van der Waals surface area contributed by atoms with Crippen molar-refractivity contribution in [3.63, 3.8) is 0 Å². The van der Waals surface area contributed by atoms with E-state index in [1.807, 2.05) is 11.4 Å². The minimum Gasteiger partial charge on any atom is -0.344 e. The molecule has 176 valence electrons. The Balaban J connectivity index is 1.26. The molecule has 0 radical (unpaired) electrons. The standard InChI is InChI=1S/C28H29FN2O2S/c29-24-11-9-21(10-12-24)28(33)31-15-13-20(14-16-31)27(32)30-26(25-6-3-17-34-25)23-8-7-19-4-1-2-5-22(19)18-23/h3,6-12,17-18,20,26H,1-2,4-5,13-16H2,(H,30,32). The molecule has 1 saturated heterocycles. The van der Waals surface area contributed by atoms with Crippen LogP contribution in [0.5, 0.6) is 0 Å². The number of likely N-dealkylation sites (tertiary alicyclic amines) is 1. The number of carbonyl (C=O) groups excluding carboxylic acids is 2. The summed E-state index contributed by atoms with van der Waals surface area (Å²) >= 11 is 1.66. The number of fused-ring (bicyclic) bond motifs is 1. The minimum absolute atomic E-state index is 0.0463. The van der Waals surface area contributed by atoms with Gasteiger partial charge in [0, 0.05) is 29.4 Å². The zero-order chi connectivity index (χ0) is 23.5. The number of carbonyl (C=O) groups is 2. The topological polar surface area (TPSA) is 49.4 Å². The number of rotatable bonds is 5. The Hall–Kier alpha value is -2.99. The molecule has 1 unspecified atom stereocenters. The fourth-order valence-corrected chi connectivity index (χ4v) is 5.89. The molecule has 2 heterocycles. The van der Waals surface area contributed by atoms with E-state index in [4.69, 9.17) is 0 Å². The summed E-state index contributed by atoms with van der Waals surface area (Å²) in [6, 6.07) is 16.3. The Bertz CT molecular complexity index is 1150. The third-order valence-electron chi connectivity index (χ3n) is 7.06. The number of hydrogen-bond donors (Lipinski definition) is 1. The molecule has 0 saturated carbocycles. The maximum absolute atomic E-state index is 13.3. The van der Waals surface area contributed by atoms with Gasteiger partial charge >= 0.3 is 0 Å². The van der Waals surface area contributed by atoms with Gasteiger partial charge in [-0.15, -0.1) is 11.3 Å². The SMILES string of the molecule is O=C(NC(c1ccc2c(c1)CCCC2)c1cccs1)C1CCN(C(=O)c2ccc(F)cc2)CC1. The molecule has 0 spiro atoms. The first-order chi connectivity index (χ1) is 16.6. The number of aryl methyl sites for hydroxylation is 2. The van der Waals surface area contributed by atoms with Gasteiger partial charge in [0.2, 0.25) is 5.91 Å². The first-order valence-corrected chi connectivity index (χ1v) is 13.0. The summed E-state index contributed by atoms with van der Waals surface area (Å²) in [5, 5.41) is 5.37. The van der Waals surface area contributed by atoms with Gasteiger partial charge in [-0.1, -0.05) is 24.3 Å². The van der Waals surface area contributed by atoms with Gasteiger partial charge in [-0.2, -0.15) is 0 Å². The predicted octanol–water partition coefficient (Wildman–Crippen LogP) is 5.52. The van der Waals surface area contributed by atoms with E-state index in [0.717, 1.165) is 23.3 Å². The lowest BCUT2D eigenvalue weighted by Crippen LogP contribution is -2.43. The summed E-state index contributed by atoms with van der Waals surface area (Å²) in [5.41, 5.74) is 4.46. The Morgan fingerprint density at radius 1 is 0.971 bits per heavy atom. The maximum atomic E-state index is 13.3. The highest BCUT2D eigenvalue weighted by Gasteiger charge is 2.30. The maximum Gasteiger partial charge on any atom is 0.253 e. The highest BCUT2D eigenvalue weighted by molar-refractivity contribution is 7.10. The zero-order valence-electron chi connectivity index (χ0n) is 19.1. The first-order valence-electron chi connectivity index (χ1n) is 12.1. The van der Waals surface area contributed by atoms with Crippen molar-refractivity contribution in [2.45, 2.75) is 44.6 Å². The number of hydrogen-bond acceptors (Lipinski definition) is 3. The van der Waals surface area contributed by atoms with Crippen molar-refractivity contribution in [2.24, 2.45) is 5.92 Å². The molecule has 2 aliphatic rings. The number of halogens is 1. The molecule has 1 aromatic heterocycles. The number of benzene rings is 2. The van der Waals surface area contributed by atoms with Crippen LogP contribution < -0.4 is 5.32 Å². The fraction of sp³-hybridized carbons (Fsp3) is 0.357. The summed E-state index contributed by atoms with van der Waals surface area (Å²) in [6.45, 7) is 1.05. The minimum atomic E-state index is -0.355. The Morgan fingerprint density at radius 2 is 1.71 bits per heavy atom. The second-order valence-electron chi connectivity index (χ2n) is 9.27. The summed E-state index contributed by atoms with van der Waals surface area (Å²) in [6.07, 6.45) is 5.97. The lowest BCUT2D eigenvalue weighted by atomic mass is 9.88. The molecule has 4 nitrogen and oxygen atoms in total. The van der Waals surface area contributed by atoms with Crippen molar-refractivity contribution in [3.8, 4) is 0 Å². The van der Waals surface area contributed by atoms with Crippen LogP contribution in [-0.2, 0) is 17.6 Å². The van der Waals surface area contributed by atoms with Gasteiger partial charge in [0.05, 0.1) is 6.04 Å². The molecule has 1 N–H and O–H groups in total. The van der Waals surface area contributed by atoms with Gasteiger partial charge in [-0.05, 0) is 90.9 Å². The van der Waals surface area contributed by atoms with Crippen LogP contribution in [0.1, 0.15) is 63.7 Å². The van der Waals surface area contributed by atoms with E-state index in [1.165, 1.54) is 48.2 Å². The molecule has 1 aliphatic heterocycles. The fourth-order valence-electron chi connectivity index (χ4n) is 5.09. The molecule has 2 aromatic carbocycles. The number of nitrogens with one attached hydrogen (secondary N) is 1. The van der Waals surface area contributed by atoms with E-state index in [0.29, 0.717) is 31.5 Å². The van der Waals surface area contributed by atoms with Gasteiger partial charge < -0.3 is 10.2 Å². The Kier molecular flexibility index (Phi) is 6.77. The monoisotopic (exact) mass is 476 g/mol. The van der Waals surface area contributed by atoms with Crippen molar-refractivity contribution in [1.82, 2.24) is 10.2 Å².